The van der Waals surface area contributed by atoms with Crippen molar-refractivity contribution >= 4 is 5.97 Å². The maximum atomic E-state index is 12.0. The molecule has 17 heavy (non-hydrogen) atoms. The van der Waals surface area contributed by atoms with E-state index >= 15 is 0 Å². The number of carbonyl (C=O) groups is 1. The van der Waals surface area contributed by atoms with Crippen LogP contribution in [0.4, 0.5) is 13.2 Å². The molecular weight excluding hydrogens is 237 g/mol. The molecule has 0 aromatic rings. The van der Waals surface area contributed by atoms with E-state index in [1.807, 2.05) is 0 Å². The first kappa shape index (κ1) is 16.2. The zero-order valence-corrected chi connectivity index (χ0v) is 10.0. The van der Waals surface area contributed by atoms with Crippen LogP contribution in [0.3, 0.4) is 0 Å². The van der Waals surface area contributed by atoms with Crippen molar-refractivity contribution in [1.82, 2.24) is 4.90 Å². The molecule has 0 saturated heterocycles. The molecule has 0 bridgehead atoms. The van der Waals surface area contributed by atoms with Crippen molar-refractivity contribution in [3.05, 3.63) is 0 Å². The lowest BCUT2D eigenvalue weighted by atomic mass is 9.96. The summed E-state index contributed by atoms with van der Waals surface area (Å²) >= 11 is 0. The minimum Gasteiger partial charge on any atom is -0.480 e. The second-order valence-electron chi connectivity index (χ2n) is 4.53. The van der Waals surface area contributed by atoms with E-state index in [0.29, 0.717) is 12.8 Å². The van der Waals surface area contributed by atoms with E-state index in [2.05, 4.69) is 0 Å². The van der Waals surface area contributed by atoms with Crippen LogP contribution in [0.2, 0.25) is 0 Å². The van der Waals surface area contributed by atoms with Gasteiger partial charge in [0.2, 0.25) is 0 Å². The number of aliphatic carboxylic acids is 1. The largest absolute Gasteiger partial charge is 0.480 e. The van der Waals surface area contributed by atoms with Gasteiger partial charge in [-0.1, -0.05) is 0 Å². The van der Waals surface area contributed by atoms with E-state index in [9.17, 15) is 18.0 Å². The summed E-state index contributed by atoms with van der Waals surface area (Å²) in [5.74, 6) is -1.10. The number of carboxylic acids is 1. The second-order valence-corrected chi connectivity index (χ2v) is 4.53. The van der Waals surface area contributed by atoms with Gasteiger partial charge in [0.25, 0.3) is 0 Å². The van der Waals surface area contributed by atoms with Gasteiger partial charge >= 0.3 is 12.1 Å². The van der Waals surface area contributed by atoms with E-state index in [-0.39, 0.29) is 13.0 Å². The van der Waals surface area contributed by atoms with Gasteiger partial charge in [-0.05, 0) is 39.8 Å². The van der Waals surface area contributed by atoms with Gasteiger partial charge in [-0.3, -0.25) is 9.69 Å². The van der Waals surface area contributed by atoms with E-state index in [0.717, 1.165) is 4.90 Å². The van der Waals surface area contributed by atoms with Crippen molar-refractivity contribution in [2.24, 2.45) is 5.73 Å². The fourth-order valence-electron chi connectivity index (χ4n) is 1.37. The van der Waals surface area contributed by atoms with Crippen molar-refractivity contribution in [2.75, 3.05) is 20.1 Å². The van der Waals surface area contributed by atoms with Gasteiger partial charge < -0.3 is 10.8 Å². The molecule has 1 unspecified atom stereocenters. The Hall–Kier alpha value is -0.820. The maximum Gasteiger partial charge on any atom is 0.401 e. The number of nitrogens with zero attached hydrogens (tertiary/aromatic N) is 1. The van der Waals surface area contributed by atoms with Gasteiger partial charge in [0.05, 0.1) is 6.54 Å². The Morgan fingerprint density at radius 2 is 1.88 bits per heavy atom. The first-order valence-electron chi connectivity index (χ1n) is 5.32. The predicted molar refractivity (Wildman–Crippen MR) is 57.6 cm³/mol. The molecule has 0 fully saturated rings. The van der Waals surface area contributed by atoms with Crippen molar-refractivity contribution in [3.8, 4) is 0 Å². The molecule has 7 heteroatoms. The maximum absolute atomic E-state index is 12.0. The molecule has 0 amide bonds. The molecule has 0 aliphatic heterocycles. The number of halogens is 3. The minimum atomic E-state index is -4.20. The van der Waals surface area contributed by atoms with Gasteiger partial charge in [-0.2, -0.15) is 13.2 Å². The fourth-order valence-corrected chi connectivity index (χ4v) is 1.37. The number of nitrogens with two attached hydrogens (primary N) is 1. The Balaban J connectivity index is 3.75. The monoisotopic (exact) mass is 256 g/mol. The first-order valence-corrected chi connectivity index (χ1v) is 5.32. The lowest BCUT2D eigenvalue weighted by molar-refractivity contribution is -0.143. The topological polar surface area (TPSA) is 66.6 Å². The Morgan fingerprint density at radius 3 is 2.29 bits per heavy atom. The standard InChI is InChI=1S/C10H19F3N2O2/c1-9(14,8(16)17)5-3-4-6-15(2)7-10(11,12)13/h3-7,14H2,1-2H3,(H,16,17). The third-order valence-corrected chi connectivity index (χ3v) is 2.42. The molecule has 4 nitrogen and oxygen atoms in total. The SMILES string of the molecule is CN(CCCCC(C)(N)C(=O)O)CC(F)(F)F. The van der Waals surface area contributed by atoms with E-state index in [1.165, 1.54) is 14.0 Å². The van der Waals surface area contributed by atoms with Crippen molar-refractivity contribution in [3.63, 3.8) is 0 Å². The van der Waals surface area contributed by atoms with Gasteiger partial charge in [-0.15, -0.1) is 0 Å². The number of hydrogen-bond acceptors (Lipinski definition) is 3. The molecule has 0 saturated carbocycles. The highest BCUT2D eigenvalue weighted by Gasteiger charge is 2.29. The summed E-state index contributed by atoms with van der Waals surface area (Å²) in [6, 6.07) is 0. The molecule has 0 spiro atoms. The van der Waals surface area contributed by atoms with Gasteiger partial charge in [0.1, 0.15) is 5.54 Å². The highest BCUT2D eigenvalue weighted by molar-refractivity contribution is 5.77. The lowest BCUT2D eigenvalue weighted by Crippen LogP contribution is -2.44. The second kappa shape index (κ2) is 6.20. The molecule has 0 aliphatic carbocycles. The highest BCUT2D eigenvalue weighted by atomic mass is 19.4. The molecule has 0 aromatic carbocycles. The number of rotatable bonds is 7. The normalized spacial score (nSPS) is 15.9. The molecule has 0 aliphatic rings. The van der Waals surface area contributed by atoms with Crippen LogP contribution < -0.4 is 5.73 Å². The minimum absolute atomic E-state index is 0.252. The Morgan fingerprint density at radius 1 is 1.35 bits per heavy atom. The molecule has 1 atom stereocenters. The van der Waals surface area contributed by atoms with Gasteiger partial charge in [0.15, 0.2) is 0 Å². The van der Waals surface area contributed by atoms with E-state index in [1.54, 1.807) is 0 Å². The summed E-state index contributed by atoms with van der Waals surface area (Å²) in [5.41, 5.74) is 4.18. The molecule has 0 aromatic heterocycles. The van der Waals surface area contributed by atoms with Crippen LogP contribution in [-0.2, 0) is 4.79 Å². The number of unbranched alkanes of at least 4 members (excludes halogenated alkanes) is 1. The molecule has 0 radical (unpaired) electrons. The molecule has 0 heterocycles. The van der Waals surface area contributed by atoms with E-state index < -0.39 is 24.2 Å². The lowest BCUT2D eigenvalue weighted by Gasteiger charge is -2.21. The summed E-state index contributed by atoms with van der Waals surface area (Å²) in [7, 11) is 1.38. The third kappa shape index (κ3) is 7.98. The number of hydrogen-bond donors (Lipinski definition) is 2. The average molecular weight is 256 g/mol. The summed E-state index contributed by atoms with van der Waals surface area (Å²) < 4.78 is 35.9. The summed E-state index contributed by atoms with van der Waals surface area (Å²) in [6.45, 7) is 0.718. The van der Waals surface area contributed by atoms with Crippen LogP contribution in [0.15, 0.2) is 0 Å². The van der Waals surface area contributed by atoms with Crippen LogP contribution >= 0.6 is 0 Å². The van der Waals surface area contributed by atoms with Crippen LogP contribution in [0.25, 0.3) is 0 Å². The quantitative estimate of drug-likeness (QED) is 0.677. The Bertz CT molecular complexity index is 254. The van der Waals surface area contributed by atoms with Crippen molar-refractivity contribution in [2.45, 2.75) is 37.9 Å². The highest BCUT2D eigenvalue weighted by Crippen LogP contribution is 2.16. The Labute approximate surface area is 98.6 Å². The number of alkyl halides is 3. The predicted octanol–water partition coefficient (Wildman–Crippen LogP) is 1.45. The van der Waals surface area contributed by atoms with Gasteiger partial charge in [-0.25, -0.2) is 0 Å². The molecule has 3 N–H and O–H groups in total. The summed E-state index contributed by atoms with van der Waals surface area (Å²) in [4.78, 5) is 11.8. The first-order chi connectivity index (χ1) is 7.54. The van der Waals surface area contributed by atoms with Gasteiger partial charge in [0, 0.05) is 0 Å². The van der Waals surface area contributed by atoms with Crippen LogP contribution in [0, 0.1) is 0 Å². The summed E-state index contributed by atoms with van der Waals surface area (Å²) in [5, 5.41) is 8.72. The fraction of sp³-hybridized carbons (Fsp3) is 0.900. The van der Waals surface area contributed by atoms with Crippen LogP contribution in [0.5, 0.6) is 0 Å². The Kier molecular flexibility index (Phi) is 5.91. The zero-order valence-electron chi connectivity index (χ0n) is 10.0. The smallest absolute Gasteiger partial charge is 0.401 e. The van der Waals surface area contributed by atoms with Crippen LogP contribution in [0.1, 0.15) is 26.2 Å². The number of carboxylic acid groups (broad SMARTS) is 1. The molecular formula is C10H19F3N2O2. The average Bonchev–Trinajstić information content (AvgIpc) is 2.09. The van der Waals surface area contributed by atoms with Crippen molar-refractivity contribution in [1.29, 1.82) is 0 Å². The zero-order chi connectivity index (χ0) is 13.7. The molecule has 0 rings (SSSR count). The summed E-state index contributed by atoms with van der Waals surface area (Å²) in [6.07, 6.45) is -2.96. The van der Waals surface area contributed by atoms with Crippen LogP contribution in [-0.4, -0.2) is 47.8 Å². The third-order valence-electron chi connectivity index (χ3n) is 2.42. The molecule has 102 valence electrons. The van der Waals surface area contributed by atoms with E-state index in [4.69, 9.17) is 10.8 Å². The van der Waals surface area contributed by atoms with Crippen molar-refractivity contribution < 1.29 is 23.1 Å².